The Bertz CT molecular complexity index is 288. The molecule has 2 N–H and O–H groups in total. The molecule has 1 rings (SSSR count). The lowest BCUT2D eigenvalue weighted by Gasteiger charge is -2.27. The maximum atomic E-state index is 12.0. The summed E-state index contributed by atoms with van der Waals surface area (Å²) in [6, 6.07) is 0. The van der Waals surface area contributed by atoms with Crippen LogP contribution in [0.4, 0.5) is 0 Å². The van der Waals surface area contributed by atoms with Crippen LogP contribution in [0.3, 0.4) is 0 Å². The minimum Gasteiger partial charge on any atom is -0.468 e. The summed E-state index contributed by atoms with van der Waals surface area (Å²) in [7, 11) is 1.46. The van der Waals surface area contributed by atoms with Gasteiger partial charge < -0.3 is 15.2 Å². The van der Waals surface area contributed by atoms with Crippen molar-refractivity contribution < 1.29 is 14.6 Å². The molecular formula is C14H27NO3S. The Morgan fingerprint density at radius 2 is 2.37 bits per heavy atom. The molecule has 0 aliphatic heterocycles. The number of ether oxygens (including phenoxy) is 1. The van der Waals surface area contributed by atoms with E-state index in [1.165, 1.54) is 7.11 Å². The van der Waals surface area contributed by atoms with Crippen molar-refractivity contribution in [2.75, 3.05) is 26.0 Å². The van der Waals surface area contributed by atoms with Gasteiger partial charge in [-0.3, -0.25) is 4.79 Å². The van der Waals surface area contributed by atoms with E-state index >= 15 is 0 Å². The van der Waals surface area contributed by atoms with Crippen LogP contribution in [0.15, 0.2) is 0 Å². The van der Waals surface area contributed by atoms with Gasteiger partial charge in [-0.05, 0) is 43.9 Å². The third-order valence-electron chi connectivity index (χ3n) is 3.69. The van der Waals surface area contributed by atoms with Gasteiger partial charge in [0, 0.05) is 11.9 Å². The van der Waals surface area contributed by atoms with E-state index in [0.29, 0.717) is 11.2 Å². The molecule has 0 heterocycles. The van der Waals surface area contributed by atoms with Gasteiger partial charge in [0.25, 0.3) is 0 Å². The van der Waals surface area contributed by atoms with Gasteiger partial charge in [-0.15, -0.1) is 0 Å². The smallest absolute Gasteiger partial charge is 0.326 e. The number of methoxy groups -OCH3 is 1. The van der Waals surface area contributed by atoms with Crippen molar-refractivity contribution >= 4 is 17.7 Å². The molecule has 1 aliphatic rings. The fraction of sp³-hybridized carbons (Fsp3) is 0.929. The van der Waals surface area contributed by atoms with Gasteiger partial charge in [-0.25, -0.2) is 0 Å². The highest BCUT2D eigenvalue weighted by molar-refractivity contribution is 7.99. The van der Waals surface area contributed by atoms with Gasteiger partial charge in [0.1, 0.15) is 5.54 Å². The molecule has 0 radical (unpaired) electrons. The first-order valence-electron chi connectivity index (χ1n) is 7.14. The SMILES string of the molecule is CCCNC1(C(=O)OC)CCC(SCC(C)CO)C1. The Labute approximate surface area is 120 Å². The largest absolute Gasteiger partial charge is 0.468 e. The summed E-state index contributed by atoms with van der Waals surface area (Å²) in [5.74, 6) is 1.15. The van der Waals surface area contributed by atoms with Gasteiger partial charge in [-0.2, -0.15) is 11.8 Å². The van der Waals surface area contributed by atoms with Crippen molar-refractivity contribution in [2.45, 2.75) is 50.3 Å². The number of carbonyl (C=O) groups is 1. The van der Waals surface area contributed by atoms with Crippen molar-refractivity contribution in [3.8, 4) is 0 Å². The number of aliphatic hydroxyl groups excluding tert-OH is 1. The zero-order chi connectivity index (χ0) is 14.3. The average molecular weight is 289 g/mol. The van der Waals surface area contributed by atoms with Crippen molar-refractivity contribution in [1.29, 1.82) is 0 Å². The summed E-state index contributed by atoms with van der Waals surface area (Å²) >= 11 is 1.87. The number of hydrogen-bond donors (Lipinski definition) is 2. The van der Waals surface area contributed by atoms with E-state index < -0.39 is 5.54 Å². The molecule has 0 aromatic heterocycles. The van der Waals surface area contributed by atoms with Gasteiger partial charge >= 0.3 is 5.97 Å². The second-order valence-corrected chi connectivity index (χ2v) is 6.82. The molecule has 0 bridgehead atoms. The maximum Gasteiger partial charge on any atom is 0.326 e. The van der Waals surface area contributed by atoms with Crippen LogP contribution < -0.4 is 5.32 Å². The minimum atomic E-state index is -0.481. The summed E-state index contributed by atoms with van der Waals surface area (Å²) in [6.45, 7) is 5.22. The van der Waals surface area contributed by atoms with Crippen LogP contribution in [-0.2, 0) is 9.53 Å². The topological polar surface area (TPSA) is 58.6 Å². The van der Waals surface area contributed by atoms with Crippen LogP contribution >= 0.6 is 11.8 Å². The van der Waals surface area contributed by atoms with Crippen molar-refractivity contribution in [1.82, 2.24) is 5.32 Å². The number of esters is 1. The zero-order valence-corrected chi connectivity index (χ0v) is 13.1. The highest BCUT2D eigenvalue weighted by Gasteiger charge is 2.45. The summed E-state index contributed by atoms with van der Waals surface area (Å²) in [5, 5.41) is 12.9. The Hall–Kier alpha value is -0.260. The van der Waals surface area contributed by atoms with Gasteiger partial charge in [-0.1, -0.05) is 13.8 Å². The second-order valence-electron chi connectivity index (χ2n) is 5.49. The molecule has 19 heavy (non-hydrogen) atoms. The van der Waals surface area contributed by atoms with Crippen LogP contribution in [0.25, 0.3) is 0 Å². The first kappa shape index (κ1) is 16.8. The predicted octanol–water partition coefficient (Wildman–Crippen LogP) is 1.81. The molecule has 0 spiro atoms. The molecular weight excluding hydrogens is 262 g/mol. The Balaban J connectivity index is 2.53. The van der Waals surface area contributed by atoms with Crippen molar-refractivity contribution in [3.05, 3.63) is 0 Å². The number of aliphatic hydroxyl groups is 1. The van der Waals surface area contributed by atoms with E-state index in [4.69, 9.17) is 9.84 Å². The molecule has 0 aromatic carbocycles. The highest BCUT2D eigenvalue weighted by Crippen LogP contribution is 2.38. The quantitative estimate of drug-likeness (QED) is 0.667. The van der Waals surface area contributed by atoms with E-state index in [2.05, 4.69) is 12.2 Å². The van der Waals surface area contributed by atoms with Crippen LogP contribution in [0, 0.1) is 5.92 Å². The zero-order valence-electron chi connectivity index (χ0n) is 12.3. The Morgan fingerprint density at radius 3 is 2.95 bits per heavy atom. The molecule has 1 fully saturated rings. The fourth-order valence-corrected chi connectivity index (χ4v) is 3.87. The number of carbonyl (C=O) groups excluding carboxylic acids is 1. The molecule has 112 valence electrons. The first-order chi connectivity index (χ1) is 9.07. The number of thioether (sulfide) groups is 1. The maximum absolute atomic E-state index is 12.0. The molecule has 4 nitrogen and oxygen atoms in total. The molecule has 0 amide bonds. The van der Waals surface area contributed by atoms with E-state index in [1.54, 1.807) is 0 Å². The third-order valence-corrected chi connectivity index (χ3v) is 5.32. The lowest BCUT2D eigenvalue weighted by atomic mass is 9.97. The Morgan fingerprint density at radius 1 is 1.63 bits per heavy atom. The summed E-state index contributed by atoms with van der Waals surface area (Å²) in [4.78, 5) is 12.0. The van der Waals surface area contributed by atoms with Crippen LogP contribution in [0.2, 0.25) is 0 Å². The number of nitrogens with one attached hydrogen (secondary N) is 1. The molecule has 1 aliphatic carbocycles. The molecule has 0 aromatic rings. The minimum absolute atomic E-state index is 0.126. The molecule has 3 unspecified atom stereocenters. The number of rotatable bonds is 8. The summed E-state index contributed by atoms with van der Waals surface area (Å²) in [5.41, 5.74) is -0.481. The molecule has 3 atom stereocenters. The predicted molar refractivity (Wildman–Crippen MR) is 79.4 cm³/mol. The van der Waals surface area contributed by atoms with Gasteiger partial charge in [0.15, 0.2) is 0 Å². The van der Waals surface area contributed by atoms with Crippen molar-refractivity contribution in [3.63, 3.8) is 0 Å². The van der Waals surface area contributed by atoms with Crippen LogP contribution in [-0.4, -0.2) is 47.9 Å². The van der Waals surface area contributed by atoms with Crippen LogP contribution in [0.5, 0.6) is 0 Å². The third kappa shape index (κ3) is 4.65. The summed E-state index contributed by atoms with van der Waals surface area (Å²) < 4.78 is 4.98. The van der Waals surface area contributed by atoms with E-state index in [1.807, 2.05) is 18.7 Å². The van der Waals surface area contributed by atoms with Gasteiger partial charge in [0.2, 0.25) is 0 Å². The second kappa shape index (κ2) is 8.12. The van der Waals surface area contributed by atoms with Crippen LogP contribution in [0.1, 0.15) is 39.5 Å². The average Bonchev–Trinajstić information content (AvgIpc) is 2.86. The van der Waals surface area contributed by atoms with Crippen molar-refractivity contribution in [2.24, 2.45) is 5.92 Å². The van der Waals surface area contributed by atoms with E-state index in [-0.39, 0.29) is 12.6 Å². The Kier molecular flexibility index (Phi) is 7.18. The van der Waals surface area contributed by atoms with Gasteiger partial charge in [0.05, 0.1) is 7.11 Å². The molecule has 5 heteroatoms. The molecule has 0 saturated heterocycles. The van der Waals surface area contributed by atoms with E-state index in [0.717, 1.165) is 38.0 Å². The standard InChI is InChI=1S/C14H27NO3S/c1-4-7-15-14(13(17)18-3)6-5-12(8-14)19-10-11(2)9-16/h11-12,15-16H,4-10H2,1-3H3. The summed E-state index contributed by atoms with van der Waals surface area (Å²) in [6.07, 6.45) is 3.74. The van der Waals surface area contributed by atoms with E-state index in [9.17, 15) is 4.79 Å². The molecule has 1 saturated carbocycles. The lowest BCUT2D eigenvalue weighted by molar-refractivity contribution is -0.148. The number of hydrogen-bond acceptors (Lipinski definition) is 5. The monoisotopic (exact) mass is 289 g/mol. The normalized spacial score (nSPS) is 28.3. The fourth-order valence-electron chi connectivity index (χ4n) is 2.47. The highest BCUT2D eigenvalue weighted by atomic mass is 32.2. The lowest BCUT2D eigenvalue weighted by Crippen LogP contribution is -2.51. The first-order valence-corrected chi connectivity index (χ1v) is 8.18.